The van der Waals surface area contributed by atoms with Crippen molar-refractivity contribution in [2.24, 2.45) is 7.05 Å². The maximum Gasteiger partial charge on any atom is 0.272 e. The van der Waals surface area contributed by atoms with Crippen LogP contribution in [0.4, 0.5) is 5.69 Å². The molecule has 0 aliphatic rings. The van der Waals surface area contributed by atoms with Crippen LogP contribution < -0.4 is 5.32 Å². The van der Waals surface area contributed by atoms with Crippen molar-refractivity contribution in [3.63, 3.8) is 0 Å². The monoisotopic (exact) mass is 283 g/mol. The van der Waals surface area contributed by atoms with Gasteiger partial charge in [0.15, 0.2) is 0 Å². The van der Waals surface area contributed by atoms with Crippen LogP contribution in [-0.2, 0) is 7.05 Å². The van der Waals surface area contributed by atoms with Gasteiger partial charge in [0, 0.05) is 13.2 Å². The van der Waals surface area contributed by atoms with Crippen LogP contribution in [0.5, 0.6) is 0 Å². The number of hydrogen-bond donors (Lipinski definition) is 1. The van der Waals surface area contributed by atoms with Crippen molar-refractivity contribution in [1.82, 2.24) is 9.55 Å². The second-order valence-corrected chi connectivity index (χ2v) is 4.73. The molecule has 1 N–H and O–H groups in total. The van der Waals surface area contributed by atoms with E-state index in [-0.39, 0.29) is 5.91 Å². The number of carbonyl (C=O) groups is 1. The van der Waals surface area contributed by atoms with E-state index >= 15 is 0 Å². The Morgan fingerprint density at radius 3 is 2.67 bits per heavy atom. The topological polar surface area (TPSA) is 46.9 Å². The summed E-state index contributed by atoms with van der Waals surface area (Å²) >= 11 is 11.6. The Kier molecular flexibility index (Phi) is 3.59. The summed E-state index contributed by atoms with van der Waals surface area (Å²) in [5.74, 6) is -0.243. The van der Waals surface area contributed by atoms with E-state index in [1.54, 1.807) is 29.9 Å². The summed E-state index contributed by atoms with van der Waals surface area (Å²) in [5.41, 5.74) is 1.88. The number of nitrogens with zero attached hydrogens (tertiary/aromatic N) is 2. The highest BCUT2D eigenvalue weighted by atomic mass is 35.5. The third kappa shape index (κ3) is 2.66. The summed E-state index contributed by atoms with van der Waals surface area (Å²) in [5, 5.41) is 3.69. The van der Waals surface area contributed by atoms with Crippen molar-refractivity contribution in [2.75, 3.05) is 5.32 Å². The van der Waals surface area contributed by atoms with Gasteiger partial charge in [-0.05, 0) is 24.6 Å². The quantitative estimate of drug-likeness (QED) is 0.860. The highest BCUT2D eigenvalue weighted by Crippen LogP contribution is 2.18. The summed E-state index contributed by atoms with van der Waals surface area (Å²) in [6.45, 7) is 1.82. The SMILES string of the molecule is Cc1cc(NC(=O)c2cc(Cl)cn2C)cnc1Cl. The Bertz CT molecular complexity index is 607. The van der Waals surface area contributed by atoms with E-state index in [0.717, 1.165) is 5.56 Å². The van der Waals surface area contributed by atoms with Crippen LogP contribution in [0, 0.1) is 6.92 Å². The molecule has 4 nitrogen and oxygen atoms in total. The predicted molar refractivity (Wildman–Crippen MR) is 72.4 cm³/mol. The van der Waals surface area contributed by atoms with Gasteiger partial charge >= 0.3 is 0 Å². The minimum absolute atomic E-state index is 0.243. The van der Waals surface area contributed by atoms with Gasteiger partial charge in [0.25, 0.3) is 5.91 Å². The van der Waals surface area contributed by atoms with E-state index in [1.807, 2.05) is 6.92 Å². The number of pyridine rings is 1. The molecular weight excluding hydrogens is 273 g/mol. The molecule has 0 bridgehead atoms. The summed E-state index contributed by atoms with van der Waals surface area (Å²) in [7, 11) is 1.76. The fourth-order valence-electron chi connectivity index (χ4n) is 1.57. The van der Waals surface area contributed by atoms with Crippen molar-refractivity contribution in [3.8, 4) is 0 Å². The number of halogens is 2. The number of nitrogens with one attached hydrogen (secondary N) is 1. The molecular formula is C12H11Cl2N3O. The molecule has 0 saturated carbocycles. The number of rotatable bonds is 2. The molecule has 0 unspecified atom stereocenters. The molecule has 94 valence electrons. The minimum atomic E-state index is -0.243. The van der Waals surface area contributed by atoms with Gasteiger partial charge in [0.2, 0.25) is 0 Å². The maximum absolute atomic E-state index is 12.0. The third-order valence-electron chi connectivity index (χ3n) is 2.48. The highest BCUT2D eigenvalue weighted by molar-refractivity contribution is 6.31. The molecule has 1 amide bonds. The van der Waals surface area contributed by atoms with E-state index in [2.05, 4.69) is 10.3 Å². The molecule has 18 heavy (non-hydrogen) atoms. The van der Waals surface area contributed by atoms with Crippen molar-refractivity contribution in [3.05, 3.63) is 46.0 Å². The molecule has 2 aromatic rings. The van der Waals surface area contributed by atoms with Crippen molar-refractivity contribution in [2.45, 2.75) is 6.92 Å². The Morgan fingerprint density at radius 1 is 1.39 bits per heavy atom. The summed E-state index contributed by atoms with van der Waals surface area (Å²) < 4.78 is 1.66. The predicted octanol–water partition coefficient (Wildman–Crippen LogP) is 3.29. The molecule has 2 heterocycles. The summed E-state index contributed by atoms with van der Waals surface area (Å²) in [4.78, 5) is 16.0. The number of anilines is 1. The van der Waals surface area contributed by atoms with Crippen molar-refractivity contribution >= 4 is 34.8 Å². The highest BCUT2D eigenvalue weighted by Gasteiger charge is 2.12. The lowest BCUT2D eigenvalue weighted by atomic mass is 10.3. The van der Waals surface area contributed by atoms with Crippen LogP contribution in [0.3, 0.4) is 0 Å². The molecule has 0 radical (unpaired) electrons. The van der Waals surface area contributed by atoms with Crippen LogP contribution in [0.15, 0.2) is 24.5 Å². The largest absolute Gasteiger partial charge is 0.345 e. The van der Waals surface area contributed by atoms with Crippen LogP contribution in [-0.4, -0.2) is 15.5 Å². The first kappa shape index (κ1) is 12.9. The molecule has 0 saturated heterocycles. The first-order valence-electron chi connectivity index (χ1n) is 5.22. The molecule has 0 fully saturated rings. The maximum atomic E-state index is 12.0. The average molecular weight is 284 g/mol. The molecule has 2 rings (SSSR count). The van der Waals surface area contributed by atoms with Crippen LogP contribution in [0.1, 0.15) is 16.1 Å². The first-order chi connectivity index (χ1) is 8.47. The molecule has 2 aromatic heterocycles. The lowest BCUT2D eigenvalue weighted by Gasteiger charge is -2.06. The van der Waals surface area contributed by atoms with Gasteiger partial charge in [0.1, 0.15) is 10.8 Å². The van der Waals surface area contributed by atoms with Gasteiger partial charge in [-0.1, -0.05) is 23.2 Å². The number of hydrogen-bond acceptors (Lipinski definition) is 2. The lowest BCUT2D eigenvalue weighted by Crippen LogP contribution is -2.15. The van der Waals surface area contributed by atoms with E-state index in [9.17, 15) is 4.79 Å². The Morgan fingerprint density at radius 2 is 2.11 bits per heavy atom. The summed E-state index contributed by atoms with van der Waals surface area (Å²) in [6, 6.07) is 3.37. The van der Waals surface area contributed by atoms with Gasteiger partial charge in [-0.25, -0.2) is 4.98 Å². The second-order valence-electron chi connectivity index (χ2n) is 3.94. The number of carbonyl (C=O) groups excluding carboxylic acids is 1. The number of aromatic nitrogens is 2. The average Bonchev–Trinajstić information content (AvgIpc) is 2.63. The molecule has 0 aromatic carbocycles. The standard InChI is InChI=1S/C12H11Cl2N3O/c1-7-3-9(5-15-11(7)14)16-12(18)10-4-8(13)6-17(10)2/h3-6H,1-2H3,(H,16,18). The Labute approximate surface area is 115 Å². The first-order valence-corrected chi connectivity index (χ1v) is 5.98. The summed E-state index contributed by atoms with van der Waals surface area (Å²) in [6.07, 6.45) is 3.18. The lowest BCUT2D eigenvalue weighted by molar-refractivity contribution is 0.101. The smallest absolute Gasteiger partial charge is 0.272 e. The van der Waals surface area contributed by atoms with Gasteiger partial charge in [-0.3, -0.25) is 4.79 Å². The molecule has 0 atom stereocenters. The normalized spacial score (nSPS) is 10.4. The zero-order valence-electron chi connectivity index (χ0n) is 9.87. The van der Waals surface area contributed by atoms with E-state index in [0.29, 0.717) is 21.6 Å². The van der Waals surface area contributed by atoms with Gasteiger partial charge in [-0.2, -0.15) is 0 Å². The van der Waals surface area contributed by atoms with Crippen LogP contribution >= 0.6 is 23.2 Å². The fourth-order valence-corrected chi connectivity index (χ4v) is 1.92. The second kappa shape index (κ2) is 5.00. The van der Waals surface area contributed by atoms with E-state index in [4.69, 9.17) is 23.2 Å². The van der Waals surface area contributed by atoms with Gasteiger partial charge in [0.05, 0.1) is 16.9 Å². The zero-order valence-corrected chi connectivity index (χ0v) is 11.4. The third-order valence-corrected chi connectivity index (χ3v) is 3.08. The molecule has 6 heteroatoms. The number of aryl methyl sites for hydroxylation is 2. The zero-order chi connectivity index (χ0) is 13.3. The van der Waals surface area contributed by atoms with E-state index in [1.165, 1.54) is 6.20 Å². The van der Waals surface area contributed by atoms with Crippen LogP contribution in [0.25, 0.3) is 0 Å². The van der Waals surface area contributed by atoms with Gasteiger partial charge < -0.3 is 9.88 Å². The molecule has 0 spiro atoms. The molecule has 0 aliphatic carbocycles. The minimum Gasteiger partial charge on any atom is -0.345 e. The van der Waals surface area contributed by atoms with E-state index < -0.39 is 0 Å². The Balaban J connectivity index is 2.21. The Hall–Kier alpha value is -1.52. The van der Waals surface area contributed by atoms with Crippen molar-refractivity contribution < 1.29 is 4.79 Å². The van der Waals surface area contributed by atoms with Gasteiger partial charge in [-0.15, -0.1) is 0 Å². The van der Waals surface area contributed by atoms with Crippen LogP contribution in [0.2, 0.25) is 10.2 Å². The van der Waals surface area contributed by atoms with Crippen molar-refractivity contribution in [1.29, 1.82) is 0 Å². The number of amides is 1. The fraction of sp³-hybridized carbons (Fsp3) is 0.167. The molecule has 0 aliphatic heterocycles.